The number of benzene rings is 1. The standard InChI is InChI=1S/C18H21N3O3S/c22-18(20-15-4-2-1-3-5-15)14-6-8-17(9-7-14)25(23,24)21-16-10-12-19-13-11-16/h6-13,15H,1-5H2,(H,19,21)(H,20,22). The summed E-state index contributed by atoms with van der Waals surface area (Å²) in [6.07, 6.45) is 8.55. The van der Waals surface area contributed by atoms with E-state index in [9.17, 15) is 13.2 Å². The first kappa shape index (κ1) is 17.4. The van der Waals surface area contributed by atoms with Crippen molar-refractivity contribution in [3.63, 3.8) is 0 Å². The number of nitrogens with zero attached hydrogens (tertiary/aromatic N) is 1. The van der Waals surface area contributed by atoms with Gasteiger partial charge in [0.1, 0.15) is 0 Å². The number of amides is 1. The molecule has 3 rings (SSSR count). The van der Waals surface area contributed by atoms with Crippen LogP contribution in [0.25, 0.3) is 0 Å². The van der Waals surface area contributed by atoms with E-state index in [1.807, 2.05) is 0 Å². The van der Waals surface area contributed by atoms with Crippen LogP contribution in [0, 0.1) is 0 Å². The van der Waals surface area contributed by atoms with Crippen molar-refractivity contribution < 1.29 is 13.2 Å². The molecule has 6 nitrogen and oxygen atoms in total. The zero-order valence-corrected chi connectivity index (χ0v) is 14.6. The Morgan fingerprint density at radius 3 is 2.24 bits per heavy atom. The molecule has 1 heterocycles. The molecule has 1 aliphatic rings. The van der Waals surface area contributed by atoms with Gasteiger partial charge < -0.3 is 5.32 Å². The van der Waals surface area contributed by atoms with E-state index in [0.717, 1.165) is 25.7 Å². The zero-order chi connectivity index (χ0) is 17.7. The highest BCUT2D eigenvalue weighted by atomic mass is 32.2. The van der Waals surface area contributed by atoms with E-state index < -0.39 is 10.0 Å². The van der Waals surface area contributed by atoms with Gasteiger partial charge in [0.2, 0.25) is 0 Å². The molecular formula is C18H21N3O3S. The van der Waals surface area contributed by atoms with Crippen LogP contribution >= 0.6 is 0 Å². The number of hydrogen-bond acceptors (Lipinski definition) is 4. The predicted molar refractivity (Wildman–Crippen MR) is 95.8 cm³/mol. The van der Waals surface area contributed by atoms with Crippen molar-refractivity contribution in [2.75, 3.05) is 4.72 Å². The Balaban J connectivity index is 1.67. The summed E-state index contributed by atoms with van der Waals surface area (Å²) in [5.41, 5.74) is 0.905. The molecule has 1 aromatic carbocycles. The minimum Gasteiger partial charge on any atom is -0.349 e. The SMILES string of the molecule is O=C(NC1CCCCC1)c1ccc(S(=O)(=O)Nc2ccncc2)cc1. The number of pyridine rings is 1. The Kier molecular flexibility index (Phi) is 5.33. The maximum Gasteiger partial charge on any atom is 0.261 e. The Morgan fingerprint density at radius 1 is 0.960 bits per heavy atom. The summed E-state index contributed by atoms with van der Waals surface area (Å²) >= 11 is 0. The normalized spacial score (nSPS) is 15.5. The molecule has 1 amide bonds. The van der Waals surface area contributed by atoms with Crippen LogP contribution in [0.2, 0.25) is 0 Å². The average Bonchev–Trinajstić information content (AvgIpc) is 2.63. The van der Waals surface area contributed by atoms with Crippen molar-refractivity contribution >= 4 is 21.6 Å². The highest BCUT2D eigenvalue weighted by Gasteiger charge is 2.18. The number of aromatic nitrogens is 1. The van der Waals surface area contributed by atoms with Gasteiger partial charge in [0.15, 0.2) is 0 Å². The molecule has 25 heavy (non-hydrogen) atoms. The summed E-state index contributed by atoms with van der Waals surface area (Å²) in [7, 11) is -3.69. The largest absolute Gasteiger partial charge is 0.349 e. The molecule has 1 saturated carbocycles. The van der Waals surface area contributed by atoms with Gasteiger partial charge in [-0.05, 0) is 49.2 Å². The smallest absolute Gasteiger partial charge is 0.261 e. The molecular weight excluding hydrogens is 338 g/mol. The minimum absolute atomic E-state index is 0.110. The zero-order valence-electron chi connectivity index (χ0n) is 13.8. The van der Waals surface area contributed by atoms with Crippen LogP contribution in [0.3, 0.4) is 0 Å². The second kappa shape index (κ2) is 7.65. The highest BCUT2D eigenvalue weighted by Crippen LogP contribution is 2.19. The van der Waals surface area contributed by atoms with Crippen molar-refractivity contribution in [2.45, 2.75) is 43.0 Å². The van der Waals surface area contributed by atoms with Crippen LogP contribution < -0.4 is 10.0 Å². The van der Waals surface area contributed by atoms with E-state index in [4.69, 9.17) is 0 Å². The first-order chi connectivity index (χ1) is 12.0. The summed E-state index contributed by atoms with van der Waals surface area (Å²) in [4.78, 5) is 16.2. The fourth-order valence-corrected chi connectivity index (χ4v) is 3.99. The first-order valence-corrected chi connectivity index (χ1v) is 9.87. The third-order valence-corrected chi connectivity index (χ3v) is 5.70. The van der Waals surface area contributed by atoms with Crippen molar-refractivity contribution in [1.29, 1.82) is 0 Å². The minimum atomic E-state index is -3.69. The molecule has 0 spiro atoms. The molecule has 0 saturated heterocycles. The highest BCUT2D eigenvalue weighted by molar-refractivity contribution is 7.92. The monoisotopic (exact) mass is 359 g/mol. The van der Waals surface area contributed by atoms with E-state index in [0.29, 0.717) is 11.3 Å². The topological polar surface area (TPSA) is 88.2 Å². The Labute approximate surface area is 147 Å². The molecule has 0 radical (unpaired) electrons. The summed E-state index contributed by atoms with van der Waals surface area (Å²) < 4.78 is 27.2. The number of hydrogen-bond donors (Lipinski definition) is 2. The van der Waals surface area contributed by atoms with Crippen LogP contribution in [0.5, 0.6) is 0 Å². The second-order valence-electron chi connectivity index (χ2n) is 6.17. The molecule has 1 aliphatic carbocycles. The lowest BCUT2D eigenvalue weighted by Gasteiger charge is -2.22. The molecule has 2 N–H and O–H groups in total. The maximum absolute atomic E-state index is 12.4. The van der Waals surface area contributed by atoms with Crippen LogP contribution in [-0.2, 0) is 10.0 Å². The van der Waals surface area contributed by atoms with E-state index in [-0.39, 0.29) is 16.8 Å². The van der Waals surface area contributed by atoms with E-state index in [1.54, 1.807) is 24.3 Å². The van der Waals surface area contributed by atoms with E-state index in [1.165, 1.54) is 30.9 Å². The second-order valence-corrected chi connectivity index (χ2v) is 7.86. The average molecular weight is 359 g/mol. The van der Waals surface area contributed by atoms with Gasteiger partial charge in [-0.25, -0.2) is 8.42 Å². The van der Waals surface area contributed by atoms with Crippen LogP contribution in [0.1, 0.15) is 42.5 Å². The van der Waals surface area contributed by atoms with Gasteiger partial charge in [0.05, 0.1) is 10.6 Å². The van der Waals surface area contributed by atoms with Crippen LogP contribution in [0.4, 0.5) is 5.69 Å². The van der Waals surface area contributed by atoms with Crippen LogP contribution in [-0.4, -0.2) is 25.4 Å². The Morgan fingerprint density at radius 2 is 1.60 bits per heavy atom. The molecule has 132 valence electrons. The van der Waals surface area contributed by atoms with Crippen molar-refractivity contribution in [2.24, 2.45) is 0 Å². The number of anilines is 1. The summed E-state index contributed by atoms with van der Waals surface area (Å²) in [6.45, 7) is 0. The third-order valence-electron chi connectivity index (χ3n) is 4.30. The first-order valence-electron chi connectivity index (χ1n) is 8.38. The van der Waals surface area contributed by atoms with E-state index >= 15 is 0 Å². The van der Waals surface area contributed by atoms with E-state index in [2.05, 4.69) is 15.0 Å². The lowest BCUT2D eigenvalue weighted by atomic mass is 9.95. The van der Waals surface area contributed by atoms with Crippen molar-refractivity contribution in [3.05, 3.63) is 54.4 Å². The number of carbonyl (C=O) groups is 1. The molecule has 1 fully saturated rings. The molecule has 0 aliphatic heterocycles. The van der Waals surface area contributed by atoms with Gasteiger partial charge in [-0.15, -0.1) is 0 Å². The molecule has 7 heteroatoms. The number of sulfonamides is 1. The number of carbonyl (C=O) groups excluding carboxylic acids is 1. The maximum atomic E-state index is 12.4. The number of nitrogens with one attached hydrogen (secondary N) is 2. The van der Waals surface area contributed by atoms with Crippen molar-refractivity contribution in [1.82, 2.24) is 10.3 Å². The summed E-state index contributed by atoms with van der Waals surface area (Å²) in [5.74, 6) is -0.155. The van der Waals surface area contributed by atoms with Gasteiger partial charge in [0, 0.05) is 24.0 Å². The lowest BCUT2D eigenvalue weighted by molar-refractivity contribution is 0.0927. The molecule has 0 bridgehead atoms. The van der Waals surface area contributed by atoms with Gasteiger partial charge in [0.25, 0.3) is 15.9 Å². The van der Waals surface area contributed by atoms with Gasteiger partial charge >= 0.3 is 0 Å². The lowest BCUT2D eigenvalue weighted by Crippen LogP contribution is -2.36. The van der Waals surface area contributed by atoms with Crippen LogP contribution in [0.15, 0.2) is 53.7 Å². The summed E-state index contributed by atoms with van der Waals surface area (Å²) in [6, 6.07) is 9.34. The molecule has 0 atom stereocenters. The fourth-order valence-electron chi connectivity index (χ4n) is 2.94. The van der Waals surface area contributed by atoms with Crippen molar-refractivity contribution in [3.8, 4) is 0 Å². The molecule has 2 aromatic rings. The molecule has 0 unspecified atom stereocenters. The third kappa shape index (κ3) is 4.57. The quantitative estimate of drug-likeness (QED) is 0.859. The summed E-state index contributed by atoms with van der Waals surface area (Å²) in [5, 5.41) is 3.02. The number of rotatable bonds is 5. The predicted octanol–water partition coefficient (Wildman–Crippen LogP) is 2.94. The van der Waals surface area contributed by atoms with Gasteiger partial charge in [-0.2, -0.15) is 0 Å². The van der Waals surface area contributed by atoms with Gasteiger partial charge in [-0.3, -0.25) is 14.5 Å². The molecule has 1 aromatic heterocycles. The van der Waals surface area contributed by atoms with Gasteiger partial charge in [-0.1, -0.05) is 19.3 Å². The fraction of sp³-hybridized carbons (Fsp3) is 0.333. The Hall–Kier alpha value is -2.41. The Bertz CT molecular complexity index is 814.